The van der Waals surface area contributed by atoms with Crippen LogP contribution in [0.5, 0.6) is 0 Å². The third-order valence-corrected chi connectivity index (χ3v) is 2.65. The van der Waals surface area contributed by atoms with E-state index in [1.807, 2.05) is 11.6 Å². The summed E-state index contributed by atoms with van der Waals surface area (Å²) >= 11 is 12.0. The van der Waals surface area contributed by atoms with Crippen molar-refractivity contribution in [3.8, 4) is 0 Å². The van der Waals surface area contributed by atoms with Gasteiger partial charge in [0.25, 0.3) is 0 Å². The molecule has 1 atom stereocenters. The topological polar surface area (TPSA) is 17.8 Å². The molecule has 1 aromatic rings. The smallest absolute Gasteiger partial charge is 0.0817 e. The average Bonchev–Trinajstić information content (AvgIpc) is 2.43. The van der Waals surface area contributed by atoms with Crippen LogP contribution >= 0.6 is 23.2 Å². The first kappa shape index (κ1) is 11.9. The largest absolute Gasteiger partial charge is 0.266 e. The first-order valence-corrected chi connectivity index (χ1v) is 5.69. The third-order valence-electron chi connectivity index (χ3n) is 2.12. The van der Waals surface area contributed by atoms with Crippen molar-refractivity contribution in [1.82, 2.24) is 9.78 Å². The zero-order valence-electron chi connectivity index (χ0n) is 8.80. The normalized spacial score (nSPS) is 13.6. The van der Waals surface area contributed by atoms with Gasteiger partial charge in [-0.3, -0.25) is 4.68 Å². The monoisotopic (exact) mass is 234 g/mol. The van der Waals surface area contributed by atoms with E-state index < -0.39 is 0 Å². The minimum absolute atomic E-state index is 0.182. The molecule has 80 valence electrons. The number of alkyl halides is 1. The molecule has 0 saturated carbocycles. The molecule has 1 aromatic heterocycles. The molecule has 0 aromatic carbocycles. The Hall–Kier alpha value is -0.210. The van der Waals surface area contributed by atoms with Crippen LogP contribution in [0.3, 0.4) is 0 Å². The zero-order chi connectivity index (χ0) is 10.7. The van der Waals surface area contributed by atoms with Crippen molar-refractivity contribution in [1.29, 1.82) is 0 Å². The van der Waals surface area contributed by atoms with Crippen molar-refractivity contribution in [2.45, 2.75) is 45.0 Å². The summed E-state index contributed by atoms with van der Waals surface area (Å²) in [7, 11) is 0. The van der Waals surface area contributed by atoms with Gasteiger partial charge in [-0.2, -0.15) is 5.10 Å². The van der Waals surface area contributed by atoms with Gasteiger partial charge in [-0.25, -0.2) is 0 Å². The van der Waals surface area contributed by atoms with E-state index in [0.29, 0.717) is 6.04 Å². The van der Waals surface area contributed by atoms with Crippen molar-refractivity contribution in [2.75, 3.05) is 0 Å². The van der Waals surface area contributed by atoms with Gasteiger partial charge in [-0.15, -0.1) is 11.6 Å². The van der Waals surface area contributed by atoms with Crippen LogP contribution in [0.15, 0.2) is 6.20 Å². The van der Waals surface area contributed by atoms with Gasteiger partial charge in [-0.1, -0.05) is 11.6 Å². The van der Waals surface area contributed by atoms with E-state index in [0.717, 1.165) is 23.6 Å². The molecule has 14 heavy (non-hydrogen) atoms. The number of nitrogens with zero attached hydrogens (tertiary/aromatic N) is 2. The number of hydrogen-bond donors (Lipinski definition) is 0. The van der Waals surface area contributed by atoms with Gasteiger partial charge in [0.15, 0.2) is 0 Å². The van der Waals surface area contributed by atoms with Crippen LogP contribution in [0.4, 0.5) is 0 Å². The van der Waals surface area contributed by atoms with Gasteiger partial charge in [0.05, 0.1) is 16.9 Å². The Balaban J connectivity index is 2.77. The Labute approximate surface area is 95.2 Å². The lowest BCUT2D eigenvalue weighted by atomic mass is 10.2. The van der Waals surface area contributed by atoms with Crippen LogP contribution in [0.25, 0.3) is 0 Å². The van der Waals surface area contributed by atoms with Gasteiger partial charge < -0.3 is 0 Å². The number of aromatic nitrogens is 2. The Morgan fingerprint density at radius 1 is 1.43 bits per heavy atom. The fourth-order valence-electron chi connectivity index (χ4n) is 1.38. The van der Waals surface area contributed by atoms with Gasteiger partial charge in [-0.05, 0) is 33.6 Å². The van der Waals surface area contributed by atoms with E-state index in [2.05, 4.69) is 18.9 Å². The van der Waals surface area contributed by atoms with Gasteiger partial charge >= 0.3 is 0 Å². The molecule has 0 bridgehead atoms. The molecule has 0 saturated heterocycles. The third kappa shape index (κ3) is 2.89. The zero-order valence-corrected chi connectivity index (χ0v) is 10.3. The van der Waals surface area contributed by atoms with E-state index in [4.69, 9.17) is 23.2 Å². The fourth-order valence-corrected chi connectivity index (χ4v) is 1.71. The molecule has 1 rings (SSSR count). The van der Waals surface area contributed by atoms with E-state index in [1.54, 1.807) is 6.20 Å². The fraction of sp³-hybridized carbons (Fsp3) is 0.700. The maximum absolute atomic E-state index is 6.05. The highest BCUT2D eigenvalue weighted by molar-refractivity contribution is 6.31. The molecular formula is C10H16Cl2N2. The molecule has 0 N–H and O–H groups in total. The summed E-state index contributed by atoms with van der Waals surface area (Å²) in [6, 6.07) is 0.350. The molecule has 0 amide bonds. The summed E-state index contributed by atoms with van der Waals surface area (Å²) in [5, 5.41) is 5.16. The summed E-state index contributed by atoms with van der Waals surface area (Å²) in [6.07, 6.45) is 3.52. The molecule has 1 heterocycles. The quantitative estimate of drug-likeness (QED) is 0.728. The van der Waals surface area contributed by atoms with Crippen molar-refractivity contribution >= 4 is 23.2 Å². The summed E-state index contributed by atoms with van der Waals surface area (Å²) in [5.74, 6) is 0. The summed E-state index contributed by atoms with van der Waals surface area (Å²) in [4.78, 5) is 0. The number of rotatable bonds is 4. The van der Waals surface area contributed by atoms with Crippen molar-refractivity contribution in [3.63, 3.8) is 0 Å². The van der Waals surface area contributed by atoms with Crippen LogP contribution in [-0.4, -0.2) is 15.2 Å². The molecule has 4 heteroatoms. The van der Waals surface area contributed by atoms with Crippen LogP contribution in [0, 0.1) is 0 Å². The van der Waals surface area contributed by atoms with Crippen molar-refractivity contribution in [3.05, 3.63) is 16.9 Å². The minimum Gasteiger partial charge on any atom is -0.266 e. The van der Waals surface area contributed by atoms with E-state index >= 15 is 0 Å². The van der Waals surface area contributed by atoms with E-state index in [1.165, 1.54) is 0 Å². The van der Waals surface area contributed by atoms with Crippen molar-refractivity contribution < 1.29 is 0 Å². The molecule has 0 spiro atoms. The molecule has 1 unspecified atom stereocenters. The molecular weight excluding hydrogens is 219 g/mol. The molecule has 0 aliphatic carbocycles. The van der Waals surface area contributed by atoms with Crippen molar-refractivity contribution in [2.24, 2.45) is 0 Å². The second-order valence-electron chi connectivity index (χ2n) is 3.80. The van der Waals surface area contributed by atoms with Crippen LogP contribution < -0.4 is 0 Å². The van der Waals surface area contributed by atoms with Gasteiger partial charge in [0.2, 0.25) is 0 Å². The van der Waals surface area contributed by atoms with Gasteiger partial charge in [0, 0.05) is 11.4 Å². The lowest BCUT2D eigenvalue weighted by molar-refractivity contribution is 0.505. The Morgan fingerprint density at radius 3 is 2.57 bits per heavy atom. The molecule has 2 nitrogen and oxygen atoms in total. The lowest BCUT2D eigenvalue weighted by Gasteiger charge is -2.11. The predicted molar refractivity (Wildman–Crippen MR) is 61.3 cm³/mol. The summed E-state index contributed by atoms with van der Waals surface area (Å²) in [5.41, 5.74) is 1.09. The first-order valence-electron chi connectivity index (χ1n) is 4.88. The van der Waals surface area contributed by atoms with Crippen LogP contribution in [0.1, 0.15) is 38.9 Å². The molecule has 0 aliphatic rings. The maximum atomic E-state index is 6.05. The average molecular weight is 235 g/mol. The predicted octanol–water partition coefficient (Wildman–Crippen LogP) is 3.68. The second-order valence-corrected chi connectivity index (χ2v) is 4.95. The lowest BCUT2D eigenvalue weighted by Crippen LogP contribution is -2.09. The Kier molecular flexibility index (Phi) is 4.27. The van der Waals surface area contributed by atoms with E-state index in [-0.39, 0.29) is 5.38 Å². The standard InChI is InChI=1S/C10H16Cl2N2/c1-7(2)14-10(5-4-8(3)11)9(12)6-13-14/h6-8H,4-5H2,1-3H3. The highest BCUT2D eigenvalue weighted by Crippen LogP contribution is 2.21. The molecule has 0 radical (unpaired) electrons. The van der Waals surface area contributed by atoms with Crippen LogP contribution in [-0.2, 0) is 6.42 Å². The minimum atomic E-state index is 0.182. The second kappa shape index (κ2) is 5.04. The summed E-state index contributed by atoms with van der Waals surface area (Å²) in [6.45, 7) is 6.18. The number of hydrogen-bond acceptors (Lipinski definition) is 1. The Bertz CT molecular complexity index is 292. The molecule has 0 fully saturated rings. The molecule has 0 aliphatic heterocycles. The Morgan fingerprint density at radius 2 is 2.07 bits per heavy atom. The highest BCUT2D eigenvalue weighted by Gasteiger charge is 2.11. The highest BCUT2D eigenvalue weighted by atomic mass is 35.5. The maximum Gasteiger partial charge on any atom is 0.0817 e. The van der Waals surface area contributed by atoms with Gasteiger partial charge in [0.1, 0.15) is 0 Å². The first-order chi connectivity index (χ1) is 6.52. The van der Waals surface area contributed by atoms with Crippen LogP contribution in [0.2, 0.25) is 5.02 Å². The SMILES string of the molecule is CC(Cl)CCc1c(Cl)cnn1C(C)C. The number of halogens is 2. The van der Waals surface area contributed by atoms with E-state index in [9.17, 15) is 0 Å². The summed E-state index contributed by atoms with van der Waals surface area (Å²) < 4.78 is 1.96.